The van der Waals surface area contributed by atoms with E-state index in [-0.39, 0.29) is 11.6 Å². The first-order valence-corrected chi connectivity index (χ1v) is 8.03. The van der Waals surface area contributed by atoms with Crippen LogP contribution < -0.4 is 5.69 Å². The summed E-state index contributed by atoms with van der Waals surface area (Å²) in [6.07, 6.45) is 2.61. The highest BCUT2D eigenvalue weighted by Gasteiger charge is 2.26. The summed E-state index contributed by atoms with van der Waals surface area (Å²) in [5.41, 5.74) is 1.22. The number of aromatic amines is 2. The Labute approximate surface area is 133 Å². The van der Waals surface area contributed by atoms with Gasteiger partial charge >= 0.3 is 5.69 Å². The number of likely N-dealkylation sites (tertiary alicyclic amines) is 1. The van der Waals surface area contributed by atoms with E-state index in [2.05, 4.69) is 20.4 Å². The smallest absolute Gasteiger partial charge is 0.337 e. The number of rotatable bonds is 4. The van der Waals surface area contributed by atoms with Crippen LogP contribution in [0.2, 0.25) is 0 Å². The summed E-state index contributed by atoms with van der Waals surface area (Å²) in [7, 11) is 0. The predicted octanol–water partition coefficient (Wildman–Crippen LogP) is 0.718. The van der Waals surface area contributed by atoms with Crippen LogP contribution in [0, 0.1) is 12.8 Å². The first-order chi connectivity index (χ1) is 11.1. The van der Waals surface area contributed by atoms with E-state index in [9.17, 15) is 9.59 Å². The fourth-order valence-electron chi connectivity index (χ4n) is 3.12. The molecule has 3 heterocycles. The van der Waals surface area contributed by atoms with E-state index in [1.165, 1.54) is 0 Å². The number of hydrogen-bond acceptors (Lipinski definition) is 4. The third-order valence-corrected chi connectivity index (χ3v) is 4.45. The zero-order valence-corrected chi connectivity index (χ0v) is 13.5. The first kappa shape index (κ1) is 15.5. The molecule has 1 fully saturated rings. The van der Waals surface area contributed by atoms with Gasteiger partial charge in [-0.2, -0.15) is 10.2 Å². The number of carbonyl (C=O) groups excluding carboxylic acids is 1. The Bertz CT molecular complexity index is 735. The van der Waals surface area contributed by atoms with Crippen molar-refractivity contribution in [3.63, 3.8) is 0 Å². The molecule has 8 heteroatoms. The van der Waals surface area contributed by atoms with Gasteiger partial charge < -0.3 is 4.90 Å². The van der Waals surface area contributed by atoms with Gasteiger partial charge in [0.25, 0.3) is 5.91 Å². The Morgan fingerprint density at radius 3 is 2.65 bits per heavy atom. The van der Waals surface area contributed by atoms with Crippen LogP contribution in [0.25, 0.3) is 0 Å². The van der Waals surface area contributed by atoms with Gasteiger partial charge in [0.2, 0.25) is 0 Å². The van der Waals surface area contributed by atoms with Crippen molar-refractivity contribution in [3.8, 4) is 0 Å². The highest BCUT2D eigenvalue weighted by molar-refractivity contribution is 5.92. The summed E-state index contributed by atoms with van der Waals surface area (Å²) in [6, 6.07) is 1.78. The maximum Gasteiger partial charge on any atom is 0.343 e. The Hall–Kier alpha value is -2.38. The third kappa shape index (κ3) is 3.20. The van der Waals surface area contributed by atoms with Crippen LogP contribution in [0.3, 0.4) is 0 Å². The van der Waals surface area contributed by atoms with Crippen LogP contribution in [-0.2, 0) is 13.0 Å². The molecule has 2 aromatic heterocycles. The van der Waals surface area contributed by atoms with Crippen LogP contribution >= 0.6 is 0 Å². The highest BCUT2D eigenvalue weighted by atomic mass is 16.2. The van der Waals surface area contributed by atoms with Crippen molar-refractivity contribution in [2.24, 2.45) is 5.92 Å². The molecule has 1 amide bonds. The number of aromatic nitrogens is 5. The summed E-state index contributed by atoms with van der Waals surface area (Å²) in [5, 5.41) is 13.5. The molecule has 0 radical (unpaired) electrons. The van der Waals surface area contributed by atoms with Gasteiger partial charge in [-0.3, -0.25) is 14.5 Å². The fraction of sp³-hybridized carbons (Fsp3) is 0.600. The van der Waals surface area contributed by atoms with E-state index in [1.54, 1.807) is 10.6 Å². The Balaban J connectivity index is 1.58. The molecular weight excluding hydrogens is 296 g/mol. The minimum atomic E-state index is -0.149. The highest BCUT2D eigenvalue weighted by Crippen LogP contribution is 2.21. The Morgan fingerprint density at radius 1 is 1.30 bits per heavy atom. The molecule has 0 unspecified atom stereocenters. The van der Waals surface area contributed by atoms with Crippen LogP contribution in [-0.4, -0.2) is 48.9 Å². The number of hydrogen-bond donors (Lipinski definition) is 2. The topological polar surface area (TPSA) is 99.7 Å². The predicted molar refractivity (Wildman–Crippen MR) is 84.2 cm³/mol. The van der Waals surface area contributed by atoms with Crippen molar-refractivity contribution in [1.82, 2.24) is 29.9 Å². The van der Waals surface area contributed by atoms with Gasteiger partial charge in [-0.1, -0.05) is 0 Å². The van der Waals surface area contributed by atoms with E-state index in [1.807, 2.05) is 18.7 Å². The zero-order valence-electron chi connectivity index (χ0n) is 13.5. The van der Waals surface area contributed by atoms with Crippen molar-refractivity contribution in [1.29, 1.82) is 0 Å². The lowest BCUT2D eigenvalue weighted by molar-refractivity contribution is 0.0683. The molecular formula is C15H22N6O2. The second kappa shape index (κ2) is 6.39. The summed E-state index contributed by atoms with van der Waals surface area (Å²) in [6.45, 7) is 5.88. The lowest BCUT2D eigenvalue weighted by atomic mass is 9.93. The molecule has 0 saturated carbocycles. The minimum absolute atomic E-state index is 0.0157. The molecule has 0 aliphatic carbocycles. The number of carbonyl (C=O) groups is 1. The minimum Gasteiger partial charge on any atom is -0.337 e. The zero-order chi connectivity index (χ0) is 16.4. The van der Waals surface area contributed by atoms with Gasteiger partial charge in [-0.05, 0) is 38.7 Å². The molecule has 1 saturated heterocycles. The summed E-state index contributed by atoms with van der Waals surface area (Å²) >= 11 is 0. The number of piperidine rings is 1. The molecule has 8 nitrogen and oxygen atoms in total. The molecule has 23 heavy (non-hydrogen) atoms. The van der Waals surface area contributed by atoms with E-state index in [0.717, 1.165) is 43.9 Å². The monoisotopic (exact) mass is 318 g/mol. The normalized spacial score (nSPS) is 16.0. The average molecular weight is 318 g/mol. The number of aryl methyl sites for hydroxylation is 1. The average Bonchev–Trinajstić information content (AvgIpc) is 3.13. The SMILES string of the molecule is CCn1c(CC2CCN(C(=O)c3cc(C)[nH]n3)CC2)n[nH]c1=O. The number of amides is 1. The molecule has 3 rings (SSSR count). The van der Waals surface area contributed by atoms with Gasteiger partial charge in [-0.25, -0.2) is 9.89 Å². The second-order valence-corrected chi connectivity index (χ2v) is 6.07. The van der Waals surface area contributed by atoms with E-state index in [4.69, 9.17) is 0 Å². The molecule has 0 spiro atoms. The summed E-state index contributed by atoms with van der Waals surface area (Å²) < 4.78 is 1.67. The molecule has 2 N–H and O–H groups in total. The molecule has 2 aromatic rings. The van der Waals surface area contributed by atoms with Gasteiger partial charge in [-0.15, -0.1) is 0 Å². The lowest BCUT2D eigenvalue weighted by Crippen LogP contribution is -2.39. The van der Waals surface area contributed by atoms with E-state index >= 15 is 0 Å². The number of nitrogens with one attached hydrogen (secondary N) is 2. The van der Waals surface area contributed by atoms with Gasteiger partial charge in [0.1, 0.15) is 11.5 Å². The van der Waals surface area contributed by atoms with Gasteiger partial charge in [0.05, 0.1) is 0 Å². The lowest BCUT2D eigenvalue weighted by Gasteiger charge is -2.31. The van der Waals surface area contributed by atoms with E-state index in [0.29, 0.717) is 18.2 Å². The molecule has 0 bridgehead atoms. The molecule has 0 aromatic carbocycles. The van der Waals surface area contributed by atoms with Gasteiger partial charge in [0.15, 0.2) is 0 Å². The van der Waals surface area contributed by atoms with Crippen LogP contribution in [0.4, 0.5) is 0 Å². The van der Waals surface area contributed by atoms with Crippen molar-refractivity contribution in [2.45, 2.75) is 39.7 Å². The number of H-pyrrole nitrogens is 2. The third-order valence-electron chi connectivity index (χ3n) is 4.45. The van der Waals surface area contributed by atoms with Gasteiger partial charge in [0, 0.05) is 31.7 Å². The Morgan fingerprint density at radius 2 is 2.04 bits per heavy atom. The summed E-state index contributed by atoms with van der Waals surface area (Å²) in [5.74, 6) is 1.24. The molecule has 0 atom stereocenters. The first-order valence-electron chi connectivity index (χ1n) is 8.03. The molecule has 1 aliphatic heterocycles. The fourth-order valence-corrected chi connectivity index (χ4v) is 3.12. The maximum absolute atomic E-state index is 12.4. The summed E-state index contributed by atoms with van der Waals surface area (Å²) in [4.78, 5) is 25.8. The quantitative estimate of drug-likeness (QED) is 0.867. The molecule has 124 valence electrons. The van der Waals surface area contributed by atoms with Crippen LogP contribution in [0.15, 0.2) is 10.9 Å². The van der Waals surface area contributed by atoms with Crippen LogP contribution in [0.5, 0.6) is 0 Å². The van der Waals surface area contributed by atoms with Crippen molar-refractivity contribution < 1.29 is 4.79 Å². The standard InChI is InChI=1S/C15H22N6O2/c1-3-21-13(18-19-15(21)23)9-11-4-6-20(7-5-11)14(22)12-8-10(2)16-17-12/h8,11H,3-7,9H2,1-2H3,(H,16,17)(H,19,23). The van der Waals surface area contributed by atoms with Crippen molar-refractivity contribution in [3.05, 3.63) is 33.8 Å². The van der Waals surface area contributed by atoms with Crippen molar-refractivity contribution in [2.75, 3.05) is 13.1 Å². The molecule has 1 aliphatic rings. The number of nitrogens with zero attached hydrogens (tertiary/aromatic N) is 4. The van der Waals surface area contributed by atoms with Crippen molar-refractivity contribution >= 4 is 5.91 Å². The second-order valence-electron chi connectivity index (χ2n) is 6.07. The Kier molecular flexibility index (Phi) is 4.31. The van der Waals surface area contributed by atoms with Crippen LogP contribution in [0.1, 0.15) is 41.8 Å². The largest absolute Gasteiger partial charge is 0.343 e. The van der Waals surface area contributed by atoms with E-state index < -0.39 is 0 Å². The maximum atomic E-state index is 12.4.